The summed E-state index contributed by atoms with van der Waals surface area (Å²) in [6, 6.07) is 16.4. The van der Waals surface area contributed by atoms with Gasteiger partial charge in [-0.05, 0) is 40.0 Å². The van der Waals surface area contributed by atoms with Crippen LogP contribution in [0.3, 0.4) is 0 Å². The molecule has 2 aliphatic rings. The van der Waals surface area contributed by atoms with Crippen molar-refractivity contribution < 1.29 is 24.2 Å². The van der Waals surface area contributed by atoms with Crippen LogP contribution >= 0.6 is 0 Å². The lowest BCUT2D eigenvalue weighted by Crippen LogP contribution is -2.32. The van der Waals surface area contributed by atoms with Crippen molar-refractivity contribution in [1.29, 1.82) is 0 Å². The van der Waals surface area contributed by atoms with E-state index in [9.17, 15) is 19.5 Å². The largest absolute Gasteiger partial charge is 0.481 e. The van der Waals surface area contributed by atoms with E-state index in [0.717, 1.165) is 0 Å². The molecule has 2 aromatic rings. The Kier molecular flexibility index (Phi) is 7.15. The zero-order chi connectivity index (χ0) is 25.2. The molecule has 35 heavy (non-hydrogen) atoms. The molecule has 1 fully saturated rings. The van der Waals surface area contributed by atoms with Gasteiger partial charge in [0.1, 0.15) is 6.61 Å². The number of fused-ring (bicyclic) bond motifs is 3. The number of nitrogens with zero attached hydrogens (tertiary/aromatic N) is 1. The number of likely N-dealkylation sites (tertiary alicyclic amines) is 1. The first kappa shape index (κ1) is 24.8. The molecule has 1 saturated heterocycles. The van der Waals surface area contributed by atoms with Crippen LogP contribution in [0.1, 0.15) is 50.7 Å². The highest BCUT2D eigenvalue weighted by Gasteiger charge is 2.45. The molecule has 2 N–H and O–H groups in total. The normalized spacial score (nSPS) is 19.1. The van der Waals surface area contributed by atoms with E-state index in [1.165, 1.54) is 22.3 Å². The van der Waals surface area contributed by atoms with Gasteiger partial charge < -0.3 is 20.1 Å². The number of ether oxygens (including phenoxy) is 1. The Morgan fingerprint density at radius 2 is 1.69 bits per heavy atom. The molecule has 2 atom stereocenters. The highest BCUT2D eigenvalue weighted by Crippen LogP contribution is 2.44. The quantitative estimate of drug-likeness (QED) is 0.582. The van der Waals surface area contributed by atoms with E-state index in [0.29, 0.717) is 25.9 Å². The molecule has 0 saturated carbocycles. The molecule has 2 aromatic carbocycles. The standard InChI is InChI=1S/C28H34N2O5/c1-18(14-25(31)30-15-24(26(32)33)28(2,3)17-30)12-13-29-27(34)35-16-23-21-10-6-4-8-19(21)20-9-5-7-11-22(20)23/h4-11,18,23-24H,12-17H2,1-3H3,(H,29,34)(H,32,33). The Balaban J connectivity index is 1.21. The number of hydrogen-bond donors (Lipinski definition) is 2. The lowest BCUT2D eigenvalue weighted by atomic mass is 9.82. The molecule has 1 aliphatic carbocycles. The minimum Gasteiger partial charge on any atom is -0.481 e. The molecule has 2 unspecified atom stereocenters. The summed E-state index contributed by atoms with van der Waals surface area (Å²) < 4.78 is 5.56. The van der Waals surface area contributed by atoms with Crippen LogP contribution < -0.4 is 5.32 Å². The fourth-order valence-electron chi connectivity index (χ4n) is 5.34. The summed E-state index contributed by atoms with van der Waals surface area (Å²) in [5.74, 6) is -1.36. The van der Waals surface area contributed by atoms with Crippen molar-refractivity contribution in [2.45, 2.75) is 39.5 Å². The minimum atomic E-state index is -0.856. The fourth-order valence-corrected chi connectivity index (χ4v) is 5.34. The topological polar surface area (TPSA) is 95.9 Å². The third kappa shape index (κ3) is 5.34. The molecule has 0 radical (unpaired) electrons. The highest BCUT2D eigenvalue weighted by atomic mass is 16.5. The fraction of sp³-hybridized carbons (Fsp3) is 0.464. The van der Waals surface area contributed by atoms with Crippen LogP contribution in [0, 0.1) is 17.3 Å². The maximum atomic E-state index is 12.7. The number of amides is 2. The van der Waals surface area contributed by atoms with Gasteiger partial charge in [-0.25, -0.2) is 4.79 Å². The van der Waals surface area contributed by atoms with Gasteiger partial charge in [0, 0.05) is 32.0 Å². The maximum Gasteiger partial charge on any atom is 0.407 e. The van der Waals surface area contributed by atoms with Gasteiger partial charge in [0.15, 0.2) is 0 Å². The molecule has 0 spiro atoms. The number of aliphatic carboxylic acids is 1. The molecular weight excluding hydrogens is 444 g/mol. The number of carbonyl (C=O) groups is 3. The molecule has 0 aromatic heterocycles. The van der Waals surface area contributed by atoms with Gasteiger partial charge in [-0.3, -0.25) is 9.59 Å². The number of carboxylic acids is 1. The molecule has 7 nitrogen and oxygen atoms in total. The summed E-state index contributed by atoms with van der Waals surface area (Å²) in [5, 5.41) is 12.2. The average molecular weight is 479 g/mol. The Hall–Kier alpha value is -3.35. The van der Waals surface area contributed by atoms with Crippen LogP contribution in [-0.4, -0.2) is 54.2 Å². The summed E-state index contributed by atoms with van der Waals surface area (Å²) >= 11 is 0. The summed E-state index contributed by atoms with van der Waals surface area (Å²) in [6.07, 6.45) is 0.501. The van der Waals surface area contributed by atoms with E-state index >= 15 is 0 Å². The number of nitrogens with one attached hydrogen (secondary N) is 1. The zero-order valence-electron chi connectivity index (χ0n) is 20.6. The third-order valence-electron chi connectivity index (χ3n) is 7.37. The van der Waals surface area contributed by atoms with Gasteiger partial charge in [0.05, 0.1) is 5.92 Å². The Morgan fingerprint density at radius 1 is 1.09 bits per heavy atom. The van der Waals surface area contributed by atoms with Gasteiger partial charge in [-0.15, -0.1) is 0 Å². The van der Waals surface area contributed by atoms with Crippen molar-refractivity contribution in [3.63, 3.8) is 0 Å². The zero-order valence-corrected chi connectivity index (χ0v) is 20.6. The number of carboxylic acid groups (broad SMARTS) is 1. The number of benzene rings is 2. The van der Waals surface area contributed by atoms with E-state index < -0.39 is 23.4 Å². The molecule has 7 heteroatoms. The van der Waals surface area contributed by atoms with Crippen LogP contribution in [-0.2, 0) is 14.3 Å². The molecule has 1 aliphatic heterocycles. The molecule has 2 amide bonds. The highest BCUT2D eigenvalue weighted by molar-refractivity contribution is 5.80. The van der Waals surface area contributed by atoms with E-state index in [1.54, 1.807) is 4.90 Å². The van der Waals surface area contributed by atoms with Gasteiger partial charge in [0.2, 0.25) is 5.91 Å². The van der Waals surface area contributed by atoms with E-state index in [1.807, 2.05) is 45.0 Å². The van der Waals surface area contributed by atoms with Crippen LogP contribution in [0.2, 0.25) is 0 Å². The first-order valence-corrected chi connectivity index (χ1v) is 12.3. The van der Waals surface area contributed by atoms with Crippen molar-refractivity contribution in [2.75, 3.05) is 26.2 Å². The SMILES string of the molecule is CC(CCNC(=O)OCC1c2ccccc2-c2ccccc21)CC(=O)N1CC(C(=O)O)C(C)(C)C1. The Labute approximate surface area is 206 Å². The monoisotopic (exact) mass is 478 g/mol. The Morgan fingerprint density at radius 3 is 2.26 bits per heavy atom. The van der Waals surface area contributed by atoms with Gasteiger partial charge in [-0.1, -0.05) is 69.3 Å². The van der Waals surface area contributed by atoms with Crippen LogP contribution in [0.25, 0.3) is 11.1 Å². The second-order valence-electron chi connectivity index (χ2n) is 10.5. The molecule has 1 heterocycles. The predicted molar refractivity (Wildman–Crippen MR) is 133 cm³/mol. The average Bonchev–Trinajstić information content (AvgIpc) is 3.32. The van der Waals surface area contributed by atoms with E-state index in [-0.39, 0.29) is 30.9 Å². The lowest BCUT2D eigenvalue weighted by Gasteiger charge is -2.22. The lowest BCUT2D eigenvalue weighted by molar-refractivity contribution is -0.144. The van der Waals surface area contributed by atoms with Gasteiger partial charge in [-0.2, -0.15) is 0 Å². The summed E-state index contributed by atoms with van der Waals surface area (Å²) in [7, 11) is 0. The number of hydrogen-bond acceptors (Lipinski definition) is 4. The predicted octanol–water partition coefficient (Wildman–Crippen LogP) is 4.51. The summed E-state index contributed by atoms with van der Waals surface area (Å²) in [4.78, 5) is 38.2. The third-order valence-corrected chi connectivity index (χ3v) is 7.37. The Bertz CT molecular complexity index is 1070. The van der Waals surface area contributed by atoms with Gasteiger partial charge in [0.25, 0.3) is 0 Å². The smallest absolute Gasteiger partial charge is 0.407 e. The van der Waals surface area contributed by atoms with E-state index in [2.05, 4.69) is 29.6 Å². The van der Waals surface area contributed by atoms with Crippen molar-refractivity contribution in [2.24, 2.45) is 17.3 Å². The number of rotatable bonds is 8. The van der Waals surface area contributed by atoms with Crippen molar-refractivity contribution >= 4 is 18.0 Å². The first-order chi connectivity index (χ1) is 16.7. The minimum absolute atomic E-state index is 0.0176. The summed E-state index contributed by atoms with van der Waals surface area (Å²) in [6.45, 7) is 7.13. The van der Waals surface area contributed by atoms with Crippen molar-refractivity contribution in [1.82, 2.24) is 10.2 Å². The van der Waals surface area contributed by atoms with E-state index in [4.69, 9.17) is 4.74 Å². The molecular formula is C28H34N2O5. The van der Waals surface area contributed by atoms with Crippen molar-refractivity contribution in [3.8, 4) is 11.1 Å². The summed E-state index contributed by atoms with van der Waals surface area (Å²) in [5.41, 5.74) is 4.28. The number of carbonyl (C=O) groups excluding carboxylic acids is 2. The first-order valence-electron chi connectivity index (χ1n) is 12.3. The number of alkyl carbamates (subject to hydrolysis) is 1. The van der Waals surface area contributed by atoms with Crippen LogP contribution in [0.4, 0.5) is 4.79 Å². The molecule has 186 valence electrons. The van der Waals surface area contributed by atoms with Gasteiger partial charge >= 0.3 is 12.1 Å². The maximum absolute atomic E-state index is 12.7. The van der Waals surface area contributed by atoms with Crippen molar-refractivity contribution in [3.05, 3.63) is 59.7 Å². The van der Waals surface area contributed by atoms with Crippen LogP contribution in [0.15, 0.2) is 48.5 Å². The second kappa shape index (κ2) is 10.1. The molecule has 0 bridgehead atoms. The van der Waals surface area contributed by atoms with Crippen LogP contribution in [0.5, 0.6) is 0 Å². The molecule has 4 rings (SSSR count). The second-order valence-corrected chi connectivity index (χ2v) is 10.5.